The van der Waals surface area contributed by atoms with E-state index in [-0.39, 0.29) is 35.9 Å². The number of amides is 1. The van der Waals surface area contributed by atoms with Gasteiger partial charge in [-0.15, -0.1) is 10.2 Å². The van der Waals surface area contributed by atoms with E-state index in [1.165, 1.54) is 28.6 Å². The van der Waals surface area contributed by atoms with Crippen LogP contribution in [0.3, 0.4) is 0 Å². The summed E-state index contributed by atoms with van der Waals surface area (Å²) in [5.74, 6) is 1.19. The van der Waals surface area contributed by atoms with E-state index in [0.29, 0.717) is 30.7 Å². The molecule has 9 nitrogen and oxygen atoms in total. The number of carbonyl (C=O) groups is 1. The summed E-state index contributed by atoms with van der Waals surface area (Å²) < 4.78 is 29.2. The highest BCUT2D eigenvalue weighted by Crippen LogP contribution is 2.26. The van der Waals surface area contributed by atoms with Crippen molar-refractivity contribution in [3.63, 3.8) is 0 Å². The predicted molar refractivity (Wildman–Crippen MR) is 130 cm³/mol. The second-order valence-corrected chi connectivity index (χ2v) is 11.1. The van der Waals surface area contributed by atoms with Crippen LogP contribution in [0.5, 0.6) is 0 Å². The van der Waals surface area contributed by atoms with Gasteiger partial charge in [-0.05, 0) is 67.7 Å². The number of pyridine rings is 1. The first-order valence-corrected chi connectivity index (χ1v) is 13.9. The highest BCUT2D eigenvalue weighted by molar-refractivity contribution is 7.98. The summed E-state index contributed by atoms with van der Waals surface area (Å²) in [4.78, 5) is 13.3. The van der Waals surface area contributed by atoms with Crippen LogP contribution in [0.4, 0.5) is 0 Å². The smallest absolute Gasteiger partial charge is 0.243 e. The molecule has 1 unspecified atom stereocenters. The summed E-state index contributed by atoms with van der Waals surface area (Å²) in [5, 5.41) is 20.6. The van der Waals surface area contributed by atoms with Gasteiger partial charge in [0.05, 0.1) is 22.6 Å². The number of nitriles is 1. The van der Waals surface area contributed by atoms with E-state index in [2.05, 4.69) is 15.5 Å². The molecule has 11 heteroatoms. The number of hydrogen-bond acceptors (Lipinski definition) is 7. The lowest BCUT2D eigenvalue weighted by Crippen LogP contribution is -2.44. The van der Waals surface area contributed by atoms with Gasteiger partial charge in [-0.3, -0.25) is 9.20 Å². The Kier molecular flexibility index (Phi) is 7.50. The van der Waals surface area contributed by atoms with Gasteiger partial charge in [-0.1, -0.05) is 6.07 Å². The Morgan fingerprint density at radius 1 is 1.21 bits per heavy atom. The Morgan fingerprint density at radius 3 is 2.62 bits per heavy atom. The van der Waals surface area contributed by atoms with Crippen molar-refractivity contribution in [1.29, 1.82) is 5.26 Å². The molecule has 4 rings (SSSR count). The number of nitrogens with zero attached hydrogens (tertiary/aromatic N) is 5. The molecule has 34 heavy (non-hydrogen) atoms. The molecule has 2 aromatic heterocycles. The number of benzene rings is 1. The van der Waals surface area contributed by atoms with Crippen LogP contribution in [0.1, 0.15) is 36.7 Å². The topological polar surface area (TPSA) is 120 Å². The fourth-order valence-corrected chi connectivity index (χ4v) is 6.04. The zero-order valence-corrected chi connectivity index (χ0v) is 20.4. The SMILES string of the molecule is CSCCC(NC(=O)C1CCN(S(=O)(=O)c2ccc(C#N)cc2)CC1)c1nnc2ccccn12. The molecule has 0 aliphatic carbocycles. The number of hydrogen-bond donors (Lipinski definition) is 1. The van der Waals surface area contributed by atoms with Gasteiger partial charge in [0.15, 0.2) is 11.5 Å². The summed E-state index contributed by atoms with van der Waals surface area (Å²) in [6.45, 7) is 0.535. The first-order valence-electron chi connectivity index (χ1n) is 11.0. The molecule has 1 fully saturated rings. The van der Waals surface area contributed by atoms with Crippen LogP contribution < -0.4 is 5.32 Å². The van der Waals surface area contributed by atoms with Crippen LogP contribution in [0, 0.1) is 17.2 Å². The fourth-order valence-electron chi connectivity index (χ4n) is 4.10. The monoisotopic (exact) mass is 498 g/mol. The minimum Gasteiger partial charge on any atom is -0.346 e. The van der Waals surface area contributed by atoms with Crippen molar-refractivity contribution >= 4 is 33.3 Å². The van der Waals surface area contributed by atoms with Crippen molar-refractivity contribution in [3.8, 4) is 6.07 Å². The van der Waals surface area contributed by atoms with Crippen molar-refractivity contribution in [3.05, 3.63) is 60.0 Å². The number of nitrogens with one attached hydrogen (secondary N) is 1. The Bertz CT molecular complexity index is 1290. The zero-order chi connectivity index (χ0) is 24.1. The highest BCUT2D eigenvalue weighted by atomic mass is 32.2. The molecule has 0 radical (unpaired) electrons. The Hall–Kier alpha value is -2.94. The molecular formula is C23H26N6O3S2. The summed E-state index contributed by atoms with van der Waals surface area (Å²) in [6, 6.07) is 13.3. The Labute approximate surface area is 203 Å². The third kappa shape index (κ3) is 5.09. The molecule has 0 spiro atoms. The van der Waals surface area contributed by atoms with Gasteiger partial charge in [0.25, 0.3) is 0 Å². The summed E-state index contributed by atoms with van der Waals surface area (Å²) in [6.07, 6.45) is 5.50. The maximum atomic E-state index is 13.1. The maximum Gasteiger partial charge on any atom is 0.243 e. The van der Waals surface area contributed by atoms with Gasteiger partial charge in [0.1, 0.15) is 0 Å². The average molecular weight is 499 g/mol. The van der Waals surface area contributed by atoms with E-state index in [4.69, 9.17) is 5.26 Å². The van der Waals surface area contributed by atoms with E-state index in [0.717, 1.165) is 11.4 Å². The van der Waals surface area contributed by atoms with Crippen molar-refractivity contribution in [2.24, 2.45) is 5.92 Å². The first kappa shape index (κ1) is 24.2. The zero-order valence-electron chi connectivity index (χ0n) is 18.8. The quantitative estimate of drug-likeness (QED) is 0.507. The van der Waals surface area contributed by atoms with Crippen LogP contribution in [0.25, 0.3) is 5.65 Å². The van der Waals surface area contributed by atoms with E-state index in [9.17, 15) is 13.2 Å². The molecule has 1 aliphatic heterocycles. The lowest BCUT2D eigenvalue weighted by Gasteiger charge is -2.31. The molecule has 1 aromatic carbocycles. The van der Waals surface area contributed by atoms with Gasteiger partial charge >= 0.3 is 0 Å². The number of rotatable bonds is 8. The van der Waals surface area contributed by atoms with Crippen LogP contribution in [0.2, 0.25) is 0 Å². The summed E-state index contributed by atoms with van der Waals surface area (Å²) >= 11 is 1.70. The normalized spacial score (nSPS) is 16.2. The third-order valence-electron chi connectivity index (χ3n) is 6.02. The Morgan fingerprint density at radius 2 is 1.94 bits per heavy atom. The average Bonchev–Trinajstić information content (AvgIpc) is 3.30. The maximum absolute atomic E-state index is 13.1. The number of thioether (sulfide) groups is 1. The number of carbonyl (C=O) groups excluding carboxylic acids is 1. The van der Waals surface area contributed by atoms with Gasteiger partial charge < -0.3 is 5.32 Å². The predicted octanol–water partition coefficient (Wildman–Crippen LogP) is 2.61. The Balaban J connectivity index is 1.42. The standard InChI is InChI=1S/C23H26N6O3S2/c1-33-15-11-20(22-27-26-21-4-2-3-12-29(21)22)25-23(30)18-9-13-28(14-10-18)34(31,32)19-7-5-17(16-24)6-8-19/h2-8,12,18,20H,9-11,13-15H2,1H3,(H,25,30). The van der Waals surface area contributed by atoms with Crippen molar-refractivity contribution < 1.29 is 13.2 Å². The summed E-state index contributed by atoms with van der Waals surface area (Å²) in [5.41, 5.74) is 1.13. The third-order valence-corrected chi connectivity index (χ3v) is 8.58. The van der Waals surface area contributed by atoms with Crippen LogP contribution in [0.15, 0.2) is 53.6 Å². The highest BCUT2D eigenvalue weighted by Gasteiger charge is 2.33. The molecule has 1 atom stereocenters. The van der Waals surface area contributed by atoms with Gasteiger partial charge in [0, 0.05) is 25.2 Å². The number of piperidine rings is 1. The number of fused-ring (bicyclic) bond motifs is 1. The molecule has 1 aliphatic rings. The molecule has 1 N–H and O–H groups in total. The van der Waals surface area contributed by atoms with E-state index >= 15 is 0 Å². The lowest BCUT2D eigenvalue weighted by atomic mass is 9.96. The van der Waals surface area contributed by atoms with Crippen molar-refractivity contribution in [2.45, 2.75) is 30.2 Å². The molecule has 3 heterocycles. The molecule has 1 amide bonds. The number of sulfonamides is 1. The second kappa shape index (κ2) is 10.5. The van der Waals surface area contributed by atoms with Crippen LogP contribution >= 0.6 is 11.8 Å². The van der Waals surface area contributed by atoms with E-state index in [1.807, 2.05) is 41.1 Å². The molecule has 3 aromatic rings. The van der Waals surface area contributed by atoms with E-state index < -0.39 is 10.0 Å². The minimum absolute atomic E-state index is 0.0887. The lowest BCUT2D eigenvalue weighted by molar-refractivity contribution is -0.127. The second-order valence-electron chi connectivity index (χ2n) is 8.14. The minimum atomic E-state index is -3.66. The molecular weight excluding hydrogens is 472 g/mol. The first-order chi connectivity index (χ1) is 16.4. The van der Waals surface area contributed by atoms with Gasteiger partial charge in [0.2, 0.25) is 15.9 Å². The summed E-state index contributed by atoms with van der Waals surface area (Å²) in [7, 11) is -3.66. The molecule has 0 bridgehead atoms. The molecule has 0 saturated carbocycles. The van der Waals surface area contributed by atoms with Crippen LogP contribution in [-0.4, -0.2) is 58.3 Å². The largest absolute Gasteiger partial charge is 0.346 e. The van der Waals surface area contributed by atoms with Crippen molar-refractivity contribution in [1.82, 2.24) is 24.2 Å². The molecule has 178 valence electrons. The van der Waals surface area contributed by atoms with Crippen molar-refractivity contribution in [2.75, 3.05) is 25.1 Å². The van der Waals surface area contributed by atoms with E-state index in [1.54, 1.807) is 11.8 Å². The fraction of sp³-hybridized carbons (Fsp3) is 0.391. The number of aromatic nitrogens is 3. The molecule has 1 saturated heterocycles. The van der Waals surface area contributed by atoms with Gasteiger partial charge in [-0.25, -0.2) is 8.42 Å². The van der Waals surface area contributed by atoms with Gasteiger partial charge in [-0.2, -0.15) is 21.3 Å². The van der Waals surface area contributed by atoms with Crippen LogP contribution in [-0.2, 0) is 14.8 Å².